The van der Waals surface area contributed by atoms with E-state index in [0.717, 1.165) is 5.56 Å². The lowest BCUT2D eigenvalue weighted by Gasteiger charge is -2.19. The highest BCUT2D eigenvalue weighted by Gasteiger charge is 2.31. The van der Waals surface area contributed by atoms with Crippen LogP contribution in [0.4, 0.5) is 4.39 Å². The van der Waals surface area contributed by atoms with Crippen LogP contribution < -0.4 is 0 Å². The molecule has 0 bridgehead atoms. The molecule has 0 spiro atoms. The van der Waals surface area contributed by atoms with Gasteiger partial charge in [0.15, 0.2) is 0 Å². The second kappa shape index (κ2) is 6.03. The van der Waals surface area contributed by atoms with Gasteiger partial charge in [-0.15, -0.1) is 0 Å². The third kappa shape index (κ3) is 3.35. The molecule has 0 radical (unpaired) electrons. The molecule has 1 aromatic rings. The highest BCUT2D eigenvalue weighted by molar-refractivity contribution is 5.79. The van der Waals surface area contributed by atoms with E-state index in [9.17, 15) is 14.0 Å². The fourth-order valence-corrected chi connectivity index (χ4v) is 2.51. The Morgan fingerprint density at radius 1 is 1.50 bits per heavy atom. The first-order chi connectivity index (χ1) is 9.47. The van der Waals surface area contributed by atoms with Gasteiger partial charge in [0.1, 0.15) is 5.82 Å². The van der Waals surface area contributed by atoms with E-state index in [-0.39, 0.29) is 30.6 Å². The summed E-state index contributed by atoms with van der Waals surface area (Å²) in [4.78, 5) is 24.6. The normalized spacial score (nSPS) is 19.9. The van der Waals surface area contributed by atoms with E-state index in [0.29, 0.717) is 13.0 Å². The number of carboxylic acid groups (broad SMARTS) is 1. The van der Waals surface area contributed by atoms with Gasteiger partial charge < -0.3 is 10.0 Å². The predicted molar refractivity (Wildman–Crippen MR) is 71.8 cm³/mol. The SMILES string of the molecule is C[C@H](CC(=O)N1CC[C@@H](C(=O)O)C1)c1cccc(F)c1. The summed E-state index contributed by atoms with van der Waals surface area (Å²) < 4.78 is 13.1. The standard InChI is InChI=1S/C15H18FNO3/c1-10(11-3-2-4-13(16)8-11)7-14(18)17-6-5-12(9-17)15(19)20/h2-4,8,10,12H,5-7,9H2,1H3,(H,19,20)/t10-,12-/m1/s1. The minimum Gasteiger partial charge on any atom is -0.481 e. The zero-order chi connectivity index (χ0) is 14.7. The summed E-state index contributed by atoms with van der Waals surface area (Å²) in [6, 6.07) is 6.23. The van der Waals surface area contributed by atoms with Gasteiger partial charge in [-0.2, -0.15) is 0 Å². The molecule has 1 fully saturated rings. The van der Waals surface area contributed by atoms with Crippen molar-refractivity contribution in [2.24, 2.45) is 5.92 Å². The van der Waals surface area contributed by atoms with E-state index in [4.69, 9.17) is 5.11 Å². The second-order valence-corrected chi connectivity index (χ2v) is 5.32. The van der Waals surface area contributed by atoms with Crippen molar-refractivity contribution in [1.29, 1.82) is 0 Å². The van der Waals surface area contributed by atoms with Crippen molar-refractivity contribution in [3.05, 3.63) is 35.6 Å². The number of carbonyl (C=O) groups excluding carboxylic acids is 1. The minimum absolute atomic E-state index is 0.0643. The Labute approximate surface area is 117 Å². The number of halogens is 1. The third-order valence-electron chi connectivity index (χ3n) is 3.79. The zero-order valence-corrected chi connectivity index (χ0v) is 11.4. The molecule has 2 atom stereocenters. The minimum atomic E-state index is -0.849. The van der Waals surface area contributed by atoms with Crippen molar-refractivity contribution in [3.63, 3.8) is 0 Å². The topological polar surface area (TPSA) is 57.6 Å². The predicted octanol–water partition coefficient (Wildman–Crippen LogP) is 2.25. The summed E-state index contributed by atoms with van der Waals surface area (Å²) in [6.45, 7) is 2.65. The van der Waals surface area contributed by atoms with Crippen LogP contribution in [0.15, 0.2) is 24.3 Å². The molecular weight excluding hydrogens is 261 g/mol. The van der Waals surface area contributed by atoms with E-state index in [2.05, 4.69) is 0 Å². The zero-order valence-electron chi connectivity index (χ0n) is 11.4. The largest absolute Gasteiger partial charge is 0.481 e. The monoisotopic (exact) mass is 279 g/mol. The van der Waals surface area contributed by atoms with Gasteiger partial charge in [-0.05, 0) is 30.0 Å². The summed E-state index contributed by atoms with van der Waals surface area (Å²) in [5, 5.41) is 8.92. The Hall–Kier alpha value is -1.91. The molecule has 1 saturated heterocycles. The molecule has 20 heavy (non-hydrogen) atoms. The molecule has 0 aromatic heterocycles. The van der Waals surface area contributed by atoms with Gasteiger partial charge in [0.05, 0.1) is 5.92 Å². The highest BCUT2D eigenvalue weighted by Crippen LogP contribution is 2.23. The lowest BCUT2D eigenvalue weighted by atomic mass is 9.97. The van der Waals surface area contributed by atoms with Crippen LogP contribution in [0.2, 0.25) is 0 Å². The third-order valence-corrected chi connectivity index (χ3v) is 3.79. The number of likely N-dealkylation sites (tertiary alicyclic amines) is 1. The average molecular weight is 279 g/mol. The molecule has 1 heterocycles. The van der Waals surface area contributed by atoms with Gasteiger partial charge in [-0.25, -0.2) is 4.39 Å². The Bertz CT molecular complexity index is 518. The molecule has 4 nitrogen and oxygen atoms in total. The number of carbonyl (C=O) groups is 2. The maximum absolute atomic E-state index is 13.1. The van der Waals surface area contributed by atoms with Gasteiger partial charge in [0.2, 0.25) is 5.91 Å². The number of rotatable bonds is 4. The van der Waals surface area contributed by atoms with E-state index in [1.807, 2.05) is 6.92 Å². The smallest absolute Gasteiger partial charge is 0.308 e. The molecular formula is C15H18FNO3. The number of benzene rings is 1. The summed E-state index contributed by atoms with van der Waals surface area (Å²) in [6.07, 6.45) is 0.783. The lowest BCUT2D eigenvalue weighted by molar-refractivity contribution is -0.141. The van der Waals surface area contributed by atoms with Crippen LogP contribution in [0.3, 0.4) is 0 Å². The molecule has 5 heteroatoms. The van der Waals surface area contributed by atoms with E-state index < -0.39 is 11.9 Å². The fourth-order valence-electron chi connectivity index (χ4n) is 2.51. The van der Waals surface area contributed by atoms with E-state index in [1.165, 1.54) is 12.1 Å². The quantitative estimate of drug-likeness (QED) is 0.919. The number of amides is 1. The molecule has 1 amide bonds. The van der Waals surface area contributed by atoms with Crippen molar-refractivity contribution in [3.8, 4) is 0 Å². The summed E-state index contributed by atoms with van der Waals surface area (Å²) in [5.74, 6) is -1.76. The van der Waals surface area contributed by atoms with Crippen molar-refractivity contribution >= 4 is 11.9 Å². The van der Waals surface area contributed by atoms with Crippen LogP contribution in [0.5, 0.6) is 0 Å². The average Bonchev–Trinajstić information content (AvgIpc) is 2.88. The first-order valence-electron chi connectivity index (χ1n) is 6.73. The summed E-state index contributed by atoms with van der Waals surface area (Å²) in [5.41, 5.74) is 0.785. The van der Waals surface area contributed by atoms with Crippen molar-refractivity contribution in [2.75, 3.05) is 13.1 Å². The number of aliphatic carboxylic acids is 1. The molecule has 0 unspecified atom stereocenters. The molecule has 1 aliphatic heterocycles. The Balaban J connectivity index is 1.93. The van der Waals surface area contributed by atoms with Gasteiger partial charge in [0.25, 0.3) is 0 Å². The maximum Gasteiger partial charge on any atom is 0.308 e. The van der Waals surface area contributed by atoms with Crippen molar-refractivity contribution in [1.82, 2.24) is 4.90 Å². The Morgan fingerprint density at radius 2 is 2.25 bits per heavy atom. The Morgan fingerprint density at radius 3 is 2.85 bits per heavy atom. The van der Waals surface area contributed by atoms with E-state index in [1.54, 1.807) is 17.0 Å². The summed E-state index contributed by atoms with van der Waals surface area (Å²) in [7, 11) is 0. The molecule has 1 N–H and O–H groups in total. The van der Waals surface area contributed by atoms with Crippen LogP contribution in [-0.4, -0.2) is 35.0 Å². The first-order valence-corrected chi connectivity index (χ1v) is 6.73. The molecule has 0 saturated carbocycles. The first kappa shape index (κ1) is 14.5. The van der Waals surface area contributed by atoms with Crippen LogP contribution in [-0.2, 0) is 9.59 Å². The van der Waals surface area contributed by atoms with Crippen LogP contribution in [0, 0.1) is 11.7 Å². The van der Waals surface area contributed by atoms with Crippen molar-refractivity contribution in [2.45, 2.75) is 25.7 Å². The summed E-state index contributed by atoms with van der Waals surface area (Å²) >= 11 is 0. The van der Waals surface area contributed by atoms with Gasteiger partial charge in [0, 0.05) is 19.5 Å². The number of nitrogens with zero attached hydrogens (tertiary/aromatic N) is 1. The number of hydrogen-bond acceptors (Lipinski definition) is 2. The van der Waals surface area contributed by atoms with Crippen molar-refractivity contribution < 1.29 is 19.1 Å². The number of hydrogen-bond donors (Lipinski definition) is 1. The second-order valence-electron chi connectivity index (χ2n) is 5.32. The number of carboxylic acids is 1. The maximum atomic E-state index is 13.1. The molecule has 1 aromatic carbocycles. The van der Waals surface area contributed by atoms with Gasteiger partial charge in [-0.3, -0.25) is 9.59 Å². The molecule has 2 rings (SSSR count). The van der Waals surface area contributed by atoms with Gasteiger partial charge >= 0.3 is 5.97 Å². The van der Waals surface area contributed by atoms with Crippen LogP contribution in [0.25, 0.3) is 0 Å². The highest BCUT2D eigenvalue weighted by atomic mass is 19.1. The van der Waals surface area contributed by atoms with E-state index >= 15 is 0 Å². The molecule has 0 aliphatic carbocycles. The van der Waals surface area contributed by atoms with Crippen LogP contribution in [0.1, 0.15) is 31.2 Å². The fraction of sp³-hybridized carbons (Fsp3) is 0.467. The Kier molecular flexibility index (Phi) is 4.37. The molecule has 1 aliphatic rings. The lowest BCUT2D eigenvalue weighted by Crippen LogP contribution is -2.30. The van der Waals surface area contributed by atoms with Gasteiger partial charge in [-0.1, -0.05) is 19.1 Å². The molecule has 108 valence electrons. The van der Waals surface area contributed by atoms with Crippen LogP contribution >= 0.6 is 0 Å².